The monoisotopic (exact) mass is 322 g/mol. The third-order valence-corrected chi connectivity index (χ3v) is 4.71. The second-order valence-corrected chi connectivity index (χ2v) is 6.65. The van der Waals surface area contributed by atoms with Crippen LogP contribution in [0, 0.1) is 6.92 Å². The zero-order valence-electron chi connectivity index (χ0n) is 14.2. The molecule has 0 unspecified atom stereocenters. The smallest absolute Gasteiger partial charge is 0.140 e. The van der Waals surface area contributed by atoms with Gasteiger partial charge in [-0.1, -0.05) is 17.3 Å². The Morgan fingerprint density at radius 2 is 1.71 bits per heavy atom. The summed E-state index contributed by atoms with van der Waals surface area (Å²) in [5.41, 5.74) is 6.32. The molecule has 0 saturated heterocycles. The van der Waals surface area contributed by atoms with Gasteiger partial charge in [0.25, 0.3) is 0 Å². The first-order valence-corrected chi connectivity index (χ1v) is 8.58. The molecule has 1 aliphatic rings. The summed E-state index contributed by atoms with van der Waals surface area (Å²) in [6, 6.07) is 8.02. The lowest BCUT2D eigenvalue weighted by atomic mass is 9.96. The van der Waals surface area contributed by atoms with Crippen LogP contribution in [0.3, 0.4) is 0 Å². The molecule has 0 fully saturated rings. The summed E-state index contributed by atoms with van der Waals surface area (Å²) in [5.74, 6) is 1.09. The van der Waals surface area contributed by atoms with E-state index in [0.29, 0.717) is 0 Å². The highest BCUT2D eigenvalue weighted by molar-refractivity contribution is 5.74. The Bertz CT molecular complexity index is 871. The molecule has 0 radical (unpaired) electrons. The highest BCUT2D eigenvalue weighted by atomic mass is 16.5. The van der Waals surface area contributed by atoms with E-state index in [9.17, 15) is 0 Å². The van der Waals surface area contributed by atoms with Crippen molar-refractivity contribution in [2.24, 2.45) is 0 Å². The molecule has 0 spiro atoms. The number of nitrogens with zero attached hydrogens (tertiary/aromatic N) is 4. The molecule has 1 aliphatic carbocycles. The number of hydrogen-bond acceptors (Lipinski definition) is 5. The molecule has 2 heterocycles. The number of benzene rings is 1. The van der Waals surface area contributed by atoms with E-state index in [0.717, 1.165) is 59.8 Å². The standard InChI is InChI=1S/C19H22N4O/c1-13-17(21-16-9-5-4-8-15(16)20-13)11-23(2)12-18-14-7-3-6-10-19(14)24-22-18/h4-5,8-9H,3,6-7,10-12H2,1-2H3. The molecule has 5 nitrogen and oxygen atoms in total. The van der Waals surface area contributed by atoms with Gasteiger partial charge >= 0.3 is 0 Å². The van der Waals surface area contributed by atoms with Crippen LogP contribution in [0.1, 0.15) is 41.2 Å². The fourth-order valence-electron chi connectivity index (χ4n) is 3.41. The second kappa shape index (κ2) is 6.32. The lowest BCUT2D eigenvalue weighted by Crippen LogP contribution is -2.20. The minimum atomic E-state index is 0.755. The average molecular weight is 322 g/mol. The van der Waals surface area contributed by atoms with Crippen molar-refractivity contribution in [3.63, 3.8) is 0 Å². The van der Waals surface area contributed by atoms with Gasteiger partial charge in [0.2, 0.25) is 0 Å². The van der Waals surface area contributed by atoms with Gasteiger partial charge in [-0.2, -0.15) is 0 Å². The zero-order valence-corrected chi connectivity index (χ0v) is 14.2. The maximum Gasteiger partial charge on any atom is 0.140 e. The van der Waals surface area contributed by atoms with Crippen molar-refractivity contribution >= 4 is 11.0 Å². The lowest BCUT2D eigenvalue weighted by molar-refractivity contribution is 0.297. The first-order valence-electron chi connectivity index (χ1n) is 8.58. The van der Waals surface area contributed by atoms with Crippen molar-refractivity contribution in [2.75, 3.05) is 7.05 Å². The molecule has 2 aromatic heterocycles. The minimum Gasteiger partial charge on any atom is -0.361 e. The molecule has 0 amide bonds. The zero-order chi connectivity index (χ0) is 16.5. The summed E-state index contributed by atoms with van der Waals surface area (Å²) in [6.45, 7) is 3.57. The van der Waals surface area contributed by atoms with Crippen molar-refractivity contribution < 1.29 is 4.52 Å². The second-order valence-electron chi connectivity index (χ2n) is 6.65. The number of aryl methyl sites for hydroxylation is 2. The van der Waals surface area contributed by atoms with Crippen molar-refractivity contribution in [2.45, 2.75) is 45.7 Å². The van der Waals surface area contributed by atoms with Crippen LogP contribution in [0.5, 0.6) is 0 Å². The van der Waals surface area contributed by atoms with Crippen LogP contribution in [0.4, 0.5) is 0 Å². The Balaban J connectivity index is 1.53. The predicted molar refractivity (Wildman–Crippen MR) is 92.6 cm³/mol. The topological polar surface area (TPSA) is 55.1 Å². The van der Waals surface area contributed by atoms with Crippen molar-refractivity contribution in [1.82, 2.24) is 20.0 Å². The molecule has 5 heteroatoms. The van der Waals surface area contributed by atoms with Crippen molar-refractivity contribution in [1.29, 1.82) is 0 Å². The molecule has 1 aromatic carbocycles. The van der Waals surface area contributed by atoms with E-state index in [1.54, 1.807) is 0 Å². The summed E-state index contributed by atoms with van der Waals surface area (Å²) < 4.78 is 5.51. The molecular formula is C19H22N4O. The molecular weight excluding hydrogens is 300 g/mol. The Labute approximate surface area is 141 Å². The van der Waals surface area contributed by atoms with Crippen LogP contribution < -0.4 is 0 Å². The molecule has 0 aliphatic heterocycles. The maximum absolute atomic E-state index is 5.51. The van der Waals surface area contributed by atoms with Crippen LogP contribution in [0.2, 0.25) is 0 Å². The maximum atomic E-state index is 5.51. The fraction of sp³-hybridized carbons (Fsp3) is 0.421. The summed E-state index contributed by atoms with van der Waals surface area (Å²) >= 11 is 0. The summed E-state index contributed by atoms with van der Waals surface area (Å²) in [6.07, 6.45) is 4.57. The molecule has 0 N–H and O–H groups in total. The van der Waals surface area contributed by atoms with E-state index < -0.39 is 0 Å². The summed E-state index contributed by atoms with van der Waals surface area (Å²) in [5, 5.41) is 4.30. The van der Waals surface area contributed by atoms with Crippen LogP contribution in [-0.4, -0.2) is 27.1 Å². The highest BCUT2D eigenvalue weighted by Crippen LogP contribution is 2.25. The first kappa shape index (κ1) is 15.3. The highest BCUT2D eigenvalue weighted by Gasteiger charge is 2.20. The van der Waals surface area contributed by atoms with E-state index in [1.165, 1.54) is 18.4 Å². The number of fused-ring (bicyclic) bond motifs is 2. The Morgan fingerprint density at radius 3 is 2.54 bits per heavy atom. The third-order valence-electron chi connectivity index (χ3n) is 4.71. The fourth-order valence-corrected chi connectivity index (χ4v) is 3.41. The van der Waals surface area contributed by atoms with Crippen LogP contribution in [0.25, 0.3) is 11.0 Å². The largest absolute Gasteiger partial charge is 0.361 e. The first-order chi connectivity index (χ1) is 11.7. The SMILES string of the molecule is Cc1nc2ccccc2nc1CN(C)Cc1noc2c1CCCC2. The number of rotatable bonds is 4. The van der Waals surface area contributed by atoms with Gasteiger partial charge < -0.3 is 4.52 Å². The number of para-hydroxylation sites is 2. The molecule has 24 heavy (non-hydrogen) atoms. The minimum absolute atomic E-state index is 0.755. The lowest BCUT2D eigenvalue weighted by Gasteiger charge is -2.17. The van der Waals surface area contributed by atoms with Crippen molar-refractivity contribution in [3.8, 4) is 0 Å². The predicted octanol–water partition coefficient (Wildman–Crippen LogP) is 3.44. The third kappa shape index (κ3) is 2.91. The molecule has 0 atom stereocenters. The van der Waals surface area contributed by atoms with Crippen LogP contribution in [0.15, 0.2) is 28.8 Å². The Hall–Kier alpha value is -2.27. The summed E-state index contributed by atoms with van der Waals surface area (Å²) in [4.78, 5) is 11.7. The molecule has 124 valence electrons. The van der Waals surface area contributed by atoms with Gasteiger partial charge in [-0.05, 0) is 45.4 Å². The van der Waals surface area contributed by atoms with Gasteiger partial charge in [0.1, 0.15) is 11.5 Å². The van der Waals surface area contributed by atoms with E-state index >= 15 is 0 Å². The average Bonchev–Trinajstić information content (AvgIpc) is 2.99. The summed E-state index contributed by atoms with van der Waals surface area (Å²) in [7, 11) is 2.10. The Kier molecular flexibility index (Phi) is 4.02. The van der Waals surface area contributed by atoms with E-state index in [2.05, 4.69) is 22.1 Å². The van der Waals surface area contributed by atoms with E-state index in [1.807, 2.05) is 31.2 Å². The Morgan fingerprint density at radius 1 is 1.00 bits per heavy atom. The van der Waals surface area contributed by atoms with Crippen LogP contribution >= 0.6 is 0 Å². The van der Waals surface area contributed by atoms with Gasteiger partial charge in [-0.25, -0.2) is 9.97 Å². The van der Waals surface area contributed by atoms with E-state index in [-0.39, 0.29) is 0 Å². The van der Waals surface area contributed by atoms with Gasteiger partial charge in [-0.15, -0.1) is 0 Å². The normalized spacial score (nSPS) is 14.3. The van der Waals surface area contributed by atoms with Crippen LogP contribution in [-0.2, 0) is 25.9 Å². The molecule has 0 saturated carbocycles. The molecule has 0 bridgehead atoms. The van der Waals surface area contributed by atoms with Gasteiger partial charge in [-0.3, -0.25) is 4.90 Å². The van der Waals surface area contributed by atoms with E-state index in [4.69, 9.17) is 9.51 Å². The van der Waals surface area contributed by atoms with Crippen molar-refractivity contribution in [3.05, 3.63) is 52.7 Å². The number of aromatic nitrogens is 3. The quantitative estimate of drug-likeness (QED) is 0.736. The number of hydrogen-bond donors (Lipinski definition) is 0. The van der Waals surface area contributed by atoms with Gasteiger partial charge in [0.05, 0.1) is 22.4 Å². The van der Waals surface area contributed by atoms with Gasteiger partial charge in [0.15, 0.2) is 0 Å². The molecule has 3 aromatic rings. The molecule has 4 rings (SSSR count). The van der Waals surface area contributed by atoms with Gasteiger partial charge in [0, 0.05) is 25.1 Å².